The molecule has 0 spiro atoms. The number of aromatic nitrogens is 4. The number of para-hydroxylation sites is 1. The lowest BCUT2D eigenvalue weighted by molar-refractivity contribution is -0.113. The maximum Gasteiger partial charge on any atom is 0.236 e. The number of rotatable bonds is 6. The van der Waals surface area contributed by atoms with Crippen molar-refractivity contribution in [3.8, 4) is 23.1 Å². The van der Waals surface area contributed by atoms with E-state index in [1.807, 2.05) is 72.5 Å². The zero-order valence-corrected chi connectivity index (χ0v) is 19.9. The summed E-state index contributed by atoms with van der Waals surface area (Å²) in [6.07, 6.45) is 0. The summed E-state index contributed by atoms with van der Waals surface area (Å²) >= 11 is 7.24. The van der Waals surface area contributed by atoms with Crippen molar-refractivity contribution >= 4 is 35.1 Å². The number of hydrogen-bond donors (Lipinski definition) is 1. The van der Waals surface area contributed by atoms with Gasteiger partial charge in [-0.25, -0.2) is 0 Å². The molecule has 0 aliphatic carbocycles. The number of thioether (sulfide) groups is 1. The van der Waals surface area contributed by atoms with Gasteiger partial charge in [0.15, 0.2) is 11.0 Å². The van der Waals surface area contributed by atoms with Gasteiger partial charge < -0.3 is 9.88 Å². The van der Waals surface area contributed by atoms with Gasteiger partial charge in [0.25, 0.3) is 0 Å². The molecule has 0 aliphatic rings. The fourth-order valence-corrected chi connectivity index (χ4v) is 4.39. The van der Waals surface area contributed by atoms with Gasteiger partial charge in [0, 0.05) is 29.0 Å². The molecule has 0 saturated heterocycles. The summed E-state index contributed by atoms with van der Waals surface area (Å²) < 4.78 is 3.74. The minimum atomic E-state index is -0.234. The van der Waals surface area contributed by atoms with Crippen molar-refractivity contribution in [1.29, 1.82) is 5.26 Å². The number of nitrogens with one attached hydrogen (secondary N) is 1. The third-order valence-electron chi connectivity index (χ3n) is 5.37. The third kappa shape index (κ3) is 4.51. The number of nitrogens with zero attached hydrogens (tertiary/aromatic N) is 5. The van der Waals surface area contributed by atoms with Crippen LogP contribution in [0.25, 0.3) is 17.1 Å². The minimum absolute atomic E-state index is 0.121. The monoisotopic (exact) mass is 476 g/mol. The topological polar surface area (TPSA) is 88.5 Å². The Morgan fingerprint density at radius 1 is 1.12 bits per heavy atom. The van der Waals surface area contributed by atoms with Gasteiger partial charge >= 0.3 is 0 Å². The molecule has 2 aromatic heterocycles. The first-order chi connectivity index (χ1) is 15.9. The van der Waals surface area contributed by atoms with Gasteiger partial charge in [-0.1, -0.05) is 41.6 Å². The summed E-state index contributed by atoms with van der Waals surface area (Å²) in [5.74, 6) is 1.05. The van der Waals surface area contributed by atoms with Crippen LogP contribution < -0.4 is 5.32 Å². The third-order valence-corrected chi connectivity index (χ3v) is 6.64. The molecule has 166 valence electrons. The normalized spacial score (nSPS) is 10.8. The SMILES string of the molecule is Cc1c(C#N)c(NC(=O)CSc2nnc(-c3ccc(Cl)cc3)n2C)n(-c2ccccc2)c1C. The number of carbonyl (C=O) groups is 1. The van der Waals surface area contributed by atoms with Gasteiger partial charge in [0.1, 0.15) is 11.9 Å². The lowest BCUT2D eigenvalue weighted by Gasteiger charge is -2.13. The van der Waals surface area contributed by atoms with E-state index < -0.39 is 0 Å². The van der Waals surface area contributed by atoms with Gasteiger partial charge in [-0.2, -0.15) is 5.26 Å². The lowest BCUT2D eigenvalue weighted by atomic mass is 10.2. The molecule has 9 heteroatoms. The molecule has 0 bridgehead atoms. The van der Waals surface area contributed by atoms with Crippen LogP contribution in [-0.2, 0) is 11.8 Å². The van der Waals surface area contributed by atoms with E-state index in [1.54, 1.807) is 12.1 Å². The lowest BCUT2D eigenvalue weighted by Crippen LogP contribution is -2.18. The Morgan fingerprint density at radius 3 is 2.48 bits per heavy atom. The van der Waals surface area contributed by atoms with Crippen molar-refractivity contribution in [2.75, 3.05) is 11.1 Å². The Hall–Kier alpha value is -3.54. The highest BCUT2D eigenvalue weighted by Gasteiger charge is 2.21. The van der Waals surface area contributed by atoms with Crippen LogP contribution >= 0.6 is 23.4 Å². The molecule has 0 aliphatic heterocycles. The van der Waals surface area contributed by atoms with Crippen LogP contribution in [0.2, 0.25) is 5.02 Å². The first kappa shape index (κ1) is 22.6. The Labute approximate surface area is 201 Å². The molecule has 4 aromatic rings. The van der Waals surface area contributed by atoms with Gasteiger partial charge in [-0.3, -0.25) is 9.36 Å². The largest absolute Gasteiger partial charge is 0.310 e. The Bertz CT molecular complexity index is 1350. The predicted octanol–water partition coefficient (Wildman–Crippen LogP) is 5.15. The second-order valence-electron chi connectivity index (χ2n) is 7.43. The standard InChI is InChI=1S/C24H21ClN6OS/c1-15-16(2)31(19-7-5-4-6-8-19)23(20(15)13-26)27-21(32)14-33-24-29-28-22(30(24)3)17-9-11-18(25)12-10-17/h4-12H,14H2,1-3H3,(H,27,32). The molecular weight excluding hydrogens is 456 g/mol. The number of amides is 1. The number of hydrogen-bond acceptors (Lipinski definition) is 5. The van der Waals surface area contributed by atoms with Gasteiger partial charge in [-0.05, 0) is 55.8 Å². The Kier molecular flexibility index (Phi) is 6.54. The average molecular weight is 477 g/mol. The van der Waals surface area contributed by atoms with Crippen LogP contribution in [-0.4, -0.2) is 31.0 Å². The van der Waals surface area contributed by atoms with Crippen LogP contribution in [0.5, 0.6) is 0 Å². The highest BCUT2D eigenvalue weighted by Crippen LogP contribution is 2.30. The van der Waals surface area contributed by atoms with E-state index in [9.17, 15) is 10.1 Å². The van der Waals surface area contributed by atoms with Crippen molar-refractivity contribution in [3.63, 3.8) is 0 Å². The van der Waals surface area contributed by atoms with Crippen molar-refractivity contribution in [2.45, 2.75) is 19.0 Å². The molecule has 7 nitrogen and oxygen atoms in total. The van der Waals surface area contributed by atoms with E-state index in [4.69, 9.17) is 11.6 Å². The molecule has 1 amide bonds. The van der Waals surface area contributed by atoms with Gasteiger partial charge in [-0.15, -0.1) is 10.2 Å². The minimum Gasteiger partial charge on any atom is -0.310 e. The van der Waals surface area contributed by atoms with Gasteiger partial charge in [0.05, 0.1) is 11.3 Å². The summed E-state index contributed by atoms with van der Waals surface area (Å²) in [5.41, 5.74) is 3.96. The molecule has 2 aromatic carbocycles. The molecule has 0 fully saturated rings. The van der Waals surface area contributed by atoms with Crippen molar-refractivity contribution in [1.82, 2.24) is 19.3 Å². The highest BCUT2D eigenvalue weighted by atomic mass is 35.5. The van der Waals surface area contributed by atoms with E-state index in [1.165, 1.54) is 11.8 Å². The average Bonchev–Trinajstić information content (AvgIpc) is 3.30. The Morgan fingerprint density at radius 2 is 1.82 bits per heavy atom. The van der Waals surface area contributed by atoms with E-state index in [0.717, 1.165) is 22.5 Å². The number of nitriles is 1. The summed E-state index contributed by atoms with van der Waals surface area (Å²) in [6.45, 7) is 3.82. The van der Waals surface area contributed by atoms with Crippen LogP contribution in [0.3, 0.4) is 0 Å². The first-order valence-corrected chi connectivity index (χ1v) is 11.5. The van der Waals surface area contributed by atoms with Gasteiger partial charge in [0.2, 0.25) is 5.91 Å². The number of halogens is 1. The predicted molar refractivity (Wildman–Crippen MR) is 131 cm³/mol. The Balaban J connectivity index is 1.53. The zero-order chi connectivity index (χ0) is 23.5. The van der Waals surface area contributed by atoms with Crippen LogP contribution in [0, 0.1) is 25.2 Å². The molecule has 4 rings (SSSR count). The molecule has 2 heterocycles. The number of benzene rings is 2. The number of carbonyl (C=O) groups excluding carboxylic acids is 1. The molecule has 1 N–H and O–H groups in total. The van der Waals surface area contributed by atoms with Crippen molar-refractivity contribution in [3.05, 3.63) is 76.4 Å². The summed E-state index contributed by atoms with van der Waals surface area (Å²) in [7, 11) is 1.85. The van der Waals surface area contributed by atoms with E-state index in [-0.39, 0.29) is 11.7 Å². The summed E-state index contributed by atoms with van der Waals surface area (Å²) in [6, 6.07) is 19.2. The summed E-state index contributed by atoms with van der Waals surface area (Å²) in [4.78, 5) is 12.9. The quantitative estimate of drug-likeness (QED) is 0.389. The van der Waals surface area contributed by atoms with Crippen LogP contribution in [0.1, 0.15) is 16.8 Å². The molecule has 0 unspecified atom stereocenters. The van der Waals surface area contributed by atoms with E-state index in [0.29, 0.717) is 27.4 Å². The summed E-state index contributed by atoms with van der Waals surface area (Å²) in [5, 5.41) is 22.4. The second kappa shape index (κ2) is 9.53. The number of anilines is 1. The van der Waals surface area contributed by atoms with Crippen molar-refractivity contribution < 1.29 is 4.79 Å². The smallest absolute Gasteiger partial charge is 0.236 e. The zero-order valence-electron chi connectivity index (χ0n) is 18.3. The second-order valence-corrected chi connectivity index (χ2v) is 8.80. The highest BCUT2D eigenvalue weighted by molar-refractivity contribution is 7.99. The molecule has 0 radical (unpaired) electrons. The maximum absolute atomic E-state index is 12.9. The van der Waals surface area contributed by atoms with E-state index in [2.05, 4.69) is 21.6 Å². The molecule has 0 saturated carbocycles. The molecule has 33 heavy (non-hydrogen) atoms. The van der Waals surface area contributed by atoms with E-state index >= 15 is 0 Å². The fourth-order valence-electron chi connectivity index (χ4n) is 3.55. The van der Waals surface area contributed by atoms with Crippen molar-refractivity contribution in [2.24, 2.45) is 7.05 Å². The maximum atomic E-state index is 12.9. The molecule has 0 atom stereocenters. The fraction of sp³-hybridized carbons (Fsp3) is 0.167. The van der Waals surface area contributed by atoms with Crippen LogP contribution in [0.4, 0.5) is 5.82 Å². The first-order valence-electron chi connectivity index (χ1n) is 10.2. The van der Waals surface area contributed by atoms with Crippen LogP contribution in [0.15, 0.2) is 59.8 Å². The molecular formula is C24H21ClN6OS.